The second kappa shape index (κ2) is 8.31. The molecule has 3 rings (SSSR count). The highest BCUT2D eigenvalue weighted by molar-refractivity contribution is 6.31. The number of likely N-dealkylation sites (tertiary alicyclic amines) is 1. The van der Waals surface area contributed by atoms with Gasteiger partial charge in [-0.25, -0.2) is 4.79 Å². The van der Waals surface area contributed by atoms with Crippen LogP contribution in [0.15, 0.2) is 24.3 Å². The molecule has 142 valence electrons. The van der Waals surface area contributed by atoms with Crippen LogP contribution in [-0.2, 0) is 11.3 Å². The van der Waals surface area contributed by atoms with E-state index in [0.29, 0.717) is 24.7 Å². The molecule has 0 aliphatic carbocycles. The first kappa shape index (κ1) is 19.1. The number of H-pyrrole nitrogens is 1. The van der Waals surface area contributed by atoms with Crippen LogP contribution >= 0.6 is 11.6 Å². The molecule has 1 fully saturated rings. The molecule has 1 aromatic heterocycles. The number of likely N-dealkylation sites (N-methyl/N-ethyl adjacent to an activating group) is 1. The Kier molecular flexibility index (Phi) is 5.87. The highest BCUT2D eigenvalue weighted by Gasteiger charge is 2.28. The van der Waals surface area contributed by atoms with Crippen molar-refractivity contribution in [3.63, 3.8) is 0 Å². The fraction of sp³-hybridized carbons (Fsp3) is 0.421. The van der Waals surface area contributed by atoms with Crippen LogP contribution in [0.5, 0.6) is 0 Å². The lowest BCUT2D eigenvalue weighted by atomic mass is 10.0. The number of fused-ring (bicyclic) bond motifs is 1. The van der Waals surface area contributed by atoms with E-state index < -0.39 is 0 Å². The van der Waals surface area contributed by atoms with Crippen LogP contribution in [0.4, 0.5) is 4.79 Å². The third kappa shape index (κ3) is 4.52. The van der Waals surface area contributed by atoms with Crippen LogP contribution < -0.4 is 5.32 Å². The van der Waals surface area contributed by atoms with E-state index in [1.54, 1.807) is 16.8 Å². The maximum absolute atomic E-state index is 12.5. The largest absolute Gasteiger partial charge is 0.357 e. The van der Waals surface area contributed by atoms with Gasteiger partial charge in [0.2, 0.25) is 5.91 Å². The number of carbonyl (C=O) groups excluding carboxylic acids is 2. The lowest BCUT2D eigenvalue weighted by Gasteiger charge is -2.37. The molecule has 0 spiro atoms. The third-order valence-corrected chi connectivity index (χ3v) is 5.15. The Labute approximate surface area is 162 Å². The molecule has 3 amide bonds. The summed E-state index contributed by atoms with van der Waals surface area (Å²) in [5.74, 6) is -0.173. The number of benzene rings is 1. The van der Waals surface area contributed by atoms with Crippen molar-refractivity contribution in [1.29, 1.82) is 5.26 Å². The summed E-state index contributed by atoms with van der Waals surface area (Å²) in [4.78, 5) is 31.0. The number of nitrogens with zero attached hydrogens (tertiary/aromatic N) is 3. The van der Waals surface area contributed by atoms with Crippen molar-refractivity contribution < 1.29 is 9.59 Å². The molecule has 27 heavy (non-hydrogen) atoms. The average molecular weight is 388 g/mol. The van der Waals surface area contributed by atoms with Gasteiger partial charge in [-0.15, -0.1) is 0 Å². The Morgan fingerprint density at radius 1 is 1.44 bits per heavy atom. The quantitative estimate of drug-likeness (QED) is 0.844. The highest BCUT2D eigenvalue weighted by atomic mass is 35.5. The Morgan fingerprint density at radius 3 is 3.04 bits per heavy atom. The van der Waals surface area contributed by atoms with Crippen LogP contribution in [0.25, 0.3) is 10.9 Å². The van der Waals surface area contributed by atoms with Gasteiger partial charge < -0.3 is 20.1 Å². The number of halogens is 1. The molecule has 0 saturated carbocycles. The number of nitrogens with one attached hydrogen (secondary N) is 2. The van der Waals surface area contributed by atoms with Crippen LogP contribution in [0.3, 0.4) is 0 Å². The summed E-state index contributed by atoms with van der Waals surface area (Å²) in [6.45, 7) is 1.48. The normalized spacial score (nSPS) is 16.8. The summed E-state index contributed by atoms with van der Waals surface area (Å²) < 4.78 is 0. The summed E-state index contributed by atoms with van der Waals surface area (Å²) in [6, 6.07) is 9.21. The minimum absolute atomic E-state index is 0.0529. The number of amides is 3. The van der Waals surface area contributed by atoms with E-state index in [1.165, 1.54) is 0 Å². The molecule has 1 atom stereocenters. The summed E-state index contributed by atoms with van der Waals surface area (Å²) in [7, 11) is 1.74. The van der Waals surface area contributed by atoms with Gasteiger partial charge in [-0.05, 0) is 37.1 Å². The number of nitriles is 1. The number of aromatic nitrogens is 1. The van der Waals surface area contributed by atoms with Gasteiger partial charge in [-0.2, -0.15) is 5.26 Å². The van der Waals surface area contributed by atoms with E-state index in [0.717, 1.165) is 29.4 Å². The van der Waals surface area contributed by atoms with Gasteiger partial charge in [-0.1, -0.05) is 11.6 Å². The molecule has 2 heterocycles. The predicted molar refractivity (Wildman–Crippen MR) is 103 cm³/mol. The molecule has 8 heteroatoms. The molecule has 1 unspecified atom stereocenters. The van der Waals surface area contributed by atoms with Crippen LogP contribution in [0.1, 0.15) is 25.0 Å². The Balaban J connectivity index is 1.56. The van der Waals surface area contributed by atoms with Crippen LogP contribution in [0.2, 0.25) is 5.02 Å². The summed E-state index contributed by atoms with van der Waals surface area (Å²) in [5, 5.41) is 13.3. The van der Waals surface area contributed by atoms with Gasteiger partial charge in [0.15, 0.2) is 0 Å². The maximum atomic E-state index is 12.5. The van der Waals surface area contributed by atoms with Crippen LogP contribution in [-0.4, -0.2) is 52.9 Å². The third-order valence-electron chi connectivity index (χ3n) is 4.92. The molecular weight excluding hydrogens is 366 g/mol. The average Bonchev–Trinajstić information content (AvgIpc) is 3.07. The monoisotopic (exact) mass is 387 g/mol. The molecular formula is C19H22ClN5O2. The number of rotatable bonds is 4. The van der Waals surface area contributed by atoms with E-state index in [1.807, 2.05) is 30.3 Å². The molecule has 1 aliphatic rings. The number of hydrogen-bond donors (Lipinski definition) is 2. The summed E-state index contributed by atoms with van der Waals surface area (Å²) in [5.41, 5.74) is 1.86. The number of urea groups is 1. The summed E-state index contributed by atoms with van der Waals surface area (Å²) in [6.07, 6.45) is 1.54. The fourth-order valence-corrected chi connectivity index (χ4v) is 3.58. The van der Waals surface area contributed by atoms with Crippen molar-refractivity contribution in [2.24, 2.45) is 0 Å². The molecule has 0 radical (unpaired) electrons. The lowest BCUT2D eigenvalue weighted by Crippen LogP contribution is -2.52. The Bertz CT molecular complexity index is 888. The second-order valence-electron chi connectivity index (χ2n) is 6.77. The highest BCUT2D eigenvalue weighted by Crippen LogP contribution is 2.20. The zero-order chi connectivity index (χ0) is 19.4. The van der Waals surface area contributed by atoms with Gasteiger partial charge in [0.25, 0.3) is 0 Å². The van der Waals surface area contributed by atoms with Crippen LogP contribution in [0, 0.1) is 11.3 Å². The first-order valence-corrected chi connectivity index (χ1v) is 9.28. The van der Waals surface area contributed by atoms with E-state index in [2.05, 4.69) is 10.3 Å². The van der Waals surface area contributed by atoms with Gasteiger partial charge in [0.1, 0.15) is 6.42 Å². The van der Waals surface area contributed by atoms with E-state index in [-0.39, 0.29) is 24.4 Å². The van der Waals surface area contributed by atoms with Gasteiger partial charge in [-0.3, -0.25) is 4.79 Å². The smallest absolute Gasteiger partial charge is 0.317 e. The van der Waals surface area contributed by atoms with E-state index in [4.69, 9.17) is 16.9 Å². The van der Waals surface area contributed by atoms with E-state index >= 15 is 0 Å². The van der Waals surface area contributed by atoms with Crippen molar-refractivity contribution in [2.45, 2.75) is 31.8 Å². The molecule has 1 aromatic carbocycles. The van der Waals surface area contributed by atoms with Gasteiger partial charge in [0.05, 0.1) is 18.7 Å². The van der Waals surface area contributed by atoms with Gasteiger partial charge in [0, 0.05) is 41.8 Å². The zero-order valence-corrected chi connectivity index (χ0v) is 15.9. The van der Waals surface area contributed by atoms with Crippen molar-refractivity contribution in [3.05, 3.63) is 35.0 Å². The van der Waals surface area contributed by atoms with Crippen molar-refractivity contribution in [2.75, 3.05) is 20.1 Å². The maximum Gasteiger partial charge on any atom is 0.317 e. The lowest BCUT2D eigenvalue weighted by molar-refractivity contribution is -0.131. The molecule has 1 saturated heterocycles. The number of aromatic amines is 1. The molecule has 2 aromatic rings. The van der Waals surface area contributed by atoms with Crippen molar-refractivity contribution in [1.82, 2.24) is 20.1 Å². The predicted octanol–water partition coefficient (Wildman–Crippen LogP) is 2.87. The van der Waals surface area contributed by atoms with Crippen molar-refractivity contribution in [3.8, 4) is 6.07 Å². The first-order valence-electron chi connectivity index (χ1n) is 8.90. The Morgan fingerprint density at radius 2 is 2.26 bits per heavy atom. The number of carbonyl (C=O) groups is 2. The SMILES string of the molecule is CN(C(=O)NCc1cc2cc(Cl)ccc2[nH]1)C1CCCN(C(=O)CC#N)C1. The van der Waals surface area contributed by atoms with Crippen molar-refractivity contribution >= 4 is 34.4 Å². The van der Waals surface area contributed by atoms with Gasteiger partial charge >= 0.3 is 6.03 Å². The van der Waals surface area contributed by atoms with E-state index in [9.17, 15) is 9.59 Å². The second-order valence-corrected chi connectivity index (χ2v) is 7.20. The molecule has 1 aliphatic heterocycles. The number of piperidine rings is 1. The topological polar surface area (TPSA) is 92.2 Å². The molecule has 7 nitrogen and oxygen atoms in total. The molecule has 2 N–H and O–H groups in total. The zero-order valence-electron chi connectivity index (χ0n) is 15.2. The minimum Gasteiger partial charge on any atom is -0.357 e. The Hall–Kier alpha value is -2.72. The first-order chi connectivity index (χ1) is 13.0. The minimum atomic E-state index is -0.189. The summed E-state index contributed by atoms with van der Waals surface area (Å²) >= 11 is 6.00. The molecule has 0 bridgehead atoms. The standard InChI is InChI=1S/C19H22ClN5O2/c1-24(16-3-2-8-25(12-16)18(26)6-7-21)19(27)22-11-15-10-13-9-14(20)4-5-17(13)23-15/h4-5,9-10,16,23H,2-3,6,8,11-12H2,1H3,(H,22,27). The fourth-order valence-electron chi connectivity index (χ4n) is 3.40. The number of hydrogen-bond acceptors (Lipinski definition) is 3.